The van der Waals surface area contributed by atoms with Gasteiger partial charge < -0.3 is 0 Å². The van der Waals surface area contributed by atoms with Crippen LogP contribution in [0.2, 0.25) is 0 Å². The predicted octanol–water partition coefficient (Wildman–Crippen LogP) is 6.71. The minimum absolute atomic E-state index is 0.464. The maximum atomic E-state index is 12.8. The van der Waals surface area contributed by atoms with E-state index in [1.165, 1.54) is 57.8 Å². The Hall–Kier alpha value is -0.400. The van der Waals surface area contributed by atoms with Crippen LogP contribution in [0.4, 0.5) is 8.78 Å². The summed E-state index contributed by atoms with van der Waals surface area (Å²) in [5.41, 5.74) is 0.464. The third kappa shape index (κ3) is 4.56. The van der Waals surface area contributed by atoms with Gasteiger partial charge in [0.2, 0.25) is 0 Å². The minimum atomic E-state index is -1.39. The molecule has 0 nitrogen and oxygen atoms in total. The van der Waals surface area contributed by atoms with Gasteiger partial charge in [0.25, 0.3) is 6.08 Å². The number of hydrogen-bond acceptors (Lipinski definition) is 0. The fraction of sp³-hybridized carbons (Fsp3) is 0.889. The molecule has 0 spiro atoms. The standard InChI is InChI=1S/C18H30F2/c1-2-3-4-6-14-9-11-15(12-10-14)16-7-5-8-17(13-16)18(19)20/h14-16H,2-13H2,1H3. The Bertz CT molecular complexity index is 309. The normalized spacial score (nSPS) is 31.4. The third-order valence-corrected chi connectivity index (χ3v) is 5.60. The van der Waals surface area contributed by atoms with Crippen molar-refractivity contribution in [3.63, 3.8) is 0 Å². The predicted molar refractivity (Wildman–Crippen MR) is 80.8 cm³/mol. The summed E-state index contributed by atoms with van der Waals surface area (Å²) in [5, 5.41) is 0. The summed E-state index contributed by atoms with van der Waals surface area (Å²) < 4.78 is 25.6. The molecule has 0 aromatic carbocycles. The van der Waals surface area contributed by atoms with E-state index in [4.69, 9.17) is 0 Å². The fourth-order valence-corrected chi connectivity index (χ4v) is 4.30. The van der Waals surface area contributed by atoms with Crippen LogP contribution in [0, 0.1) is 17.8 Å². The number of allylic oxidation sites excluding steroid dienone is 1. The molecule has 0 aliphatic heterocycles. The highest BCUT2D eigenvalue weighted by atomic mass is 19.3. The molecule has 0 amide bonds. The van der Waals surface area contributed by atoms with Crippen molar-refractivity contribution in [1.29, 1.82) is 0 Å². The molecule has 2 saturated carbocycles. The molecular weight excluding hydrogens is 254 g/mol. The number of rotatable bonds is 5. The van der Waals surface area contributed by atoms with E-state index in [-0.39, 0.29) is 0 Å². The quantitative estimate of drug-likeness (QED) is 0.492. The Labute approximate surface area is 123 Å². The van der Waals surface area contributed by atoms with Crippen LogP contribution in [0.5, 0.6) is 0 Å². The van der Waals surface area contributed by atoms with Crippen LogP contribution < -0.4 is 0 Å². The van der Waals surface area contributed by atoms with Gasteiger partial charge in [-0.05, 0) is 61.9 Å². The van der Waals surface area contributed by atoms with Crippen molar-refractivity contribution in [2.24, 2.45) is 17.8 Å². The SMILES string of the molecule is CCCCCC1CCC(C2CCCC(=C(F)F)C2)CC1. The van der Waals surface area contributed by atoms with E-state index in [1.54, 1.807) is 0 Å². The van der Waals surface area contributed by atoms with Gasteiger partial charge in [0.1, 0.15) is 0 Å². The molecule has 20 heavy (non-hydrogen) atoms. The molecule has 116 valence electrons. The second kappa shape index (κ2) is 8.14. The molecule has 2 aliphatic rings. The Balaban J connectivity index is 1.74. The molecule has 0 radical (unpaired) electrons. The summed E-state index contributed by atoms with van der Waals surface area (Å²) in [6.07, 6.45) is 12.9. The monoisotopic (exact) mass is 284 g/mol. The maximum Gasteiger partial charge on any atom is 0.269 e. The minimum Gasteiger partial charge on any atom is -0.173 e. The maximum absolute atomic E-state index is 12.8. The molecule has 0 aromatic rings. The van der Waals surface area contributed by atoms with Crippen LogP contribution in [0.15, 0.2) is 11.7 Å². The van der Waals surface area contributed by atoms with E-state index in [0.717, 1.165) is 18.3 Å². The smallest absolute Gasteiger partial charge is 0.173 e. The summed E-state index contributed by atoms with van der Waals surface area (Å²) in [6, 6.07) is 0. The molecule has 0 N–H and O–H groups in total. The van der Waals surface area contributed by atoms with Gasteiger partial charge in [-0.25, -0.2) is 0 Å². The highest BCUT2D eigenvalue weighted by Crippen LogP contribution is 2.43. The van der Waals surface area contributed by atoms with E-state index in [9.17, 15) is 8.78 Å². The van der Waals surface area contributed by atoms with Crippen molar-refractivity contribution < 1.29 is 8.78 Å². The number of hydrogen-bond donors (Lipinski definition) is 0. The third-order valence-electron chi connectivity index (χ3n) is 5.60. The van der Waals surface area contributed by atoms with Gasteiger partial charge in [-0.15, -0.1) is 0 Å². The van der Waals surface area contributed by atoms with Gasteiger partial charge in [0, 0.05) is 0 Å². The average molecular weight is 284 g/mol. The second-order valence-electron chi connectivity index (χ2n) is 7.00. The Morgan fingerprint density at radius 1 is 1.00 bits per heavy atom. The van der Waals surface area contributed by atoms with Crippen molar-refractivity contribution in [3.8, 4) is 0 Å². The summed E-state index contributed by atoms with van der Waals surface area (Å²) >= 11 is 0. The lowest BCUT2D eigenvalue weighted by Gasteiger charge is -2.36. The Morgan fingerprint density at radius 2 is 1.75 bits per heavy atom. The zero-order valence-electron chi connectivity index (χ0n) is 13.0. The van der Waals surface area contributed by atoms with Crippen LogP contribution in [-0.2, 0) is 0 Å². The van der Waals surface area contributed by atoms with E-state index in [2.05, 4.69) is 6.92 Å². The van der Waals surface area contributed by atoms with Gasteiger partial charge in [-0.3, -0.25) is 0 Å². The molecule has 2 fully saturated rings. The molecular formula is C18H30F2. The molecule has 1 unspecified atom stereocenters. The molecule has 2 rings (SSSR count). The van der Waals surface area contributed by atoms with Crippen LogP contribution in [0.3, 0.4) is 0 Å². The lowest BCUT2D eigenvalue weighted by molar-refractivity contribution is 0.173. The van der Waals surface area contributed by atoms with Crippen molar-refractivity contribution in [1.82, 2.24) is 0 Å². The molecule has 0 heterocycles. The van der Waals surface area contributed by atoms with Gasteiger partial charge in [-0.2, -0.15) is 8.78 Å². The van der Waals surface area contributed by atoms with Crippen LogP contribution in [0.25, 0.3) is 0 Å². The number of unbranched alkanes of at least 4 members (excludes halogenated alkanes) is 2. The summed E-state index contributed by atoms with van der Waals surface area (Å²) in [7, 11) is 0. The highest BCUT2D eigenvalue weighted by molar-refractivity contribution is 5.07. The number of halogens is 2. The summed E-state index contributed by atoms with van der Waals surface area (Å²) in [4.78, 5) is 0. The summed E-state index contributed by atoms with van der Waals surface area (Å²) in [6.45, 7) is 2.26. The zero-order chi connectivity index (χ0) is 14.4. The fourth-order valence-electron chi connectivity index (χ4n) is 4.30. The van der Waals surface area contributed by atoms with Gasteiger partial charge >= 0.3 is 0 Å². The van der Waals surface area contributed by atoms with Gasteiger partial charge in [0.05, 0.1) is 0 Å². The second-order valence-corrected chi connectivity index (χ2v) is 7.00. The first-order chi connectivity index (χ1) is 9.70. The first kappa shape index (κ1) is 16.0. The first-order valence-corrected chi connectivity index (χ1v) is 8.73. The van der Waals surface area contributed by atoms with Gasteiger partial charge in [-0.1, -0.05) is 45.4 Å². The average Bonchev–Trinajstić information content (AvgIpc) is 2.48. The lowest BCUT2D eigenvalue weighted by atomic mass is 9.69. The first-order valence-electron chi connectivity index (χ1n) is 8.73. The van der Waals surface area contributed by atoms with Gasteiger partial charge in [0.15, 0.2) is 0 Å². The van der Waals surface area contributed by atoms with Crippen molar-refractivity contribution in [2.75, 3.05) is 0 Å². The highest BCUT2D eigenvalue weighted by Gasteiger charge is 2.30. The topological polar surface area (TPSA) is 0 Å². The van der Waals surface area contributed by atoms with Crippen molar-refractivity contribution in [2.45, 2.75) is 84.0 Å². The van der Waals surface area contributed by atoms with Crippen LogP contribution in [-0.4, -0.2) is 0 Å². The molecule has 0 aromatic heterocycles. The summed E-state index contributed by atoms with van der Waals surface area (Å²) in [5.74, 6) is 2.21. The van der Waals surface area contributed by atoms with Crippen molar-refractivity contribution >= 4 is 0 Å². The lowest BCUT2D eigenvalue weighted by Crippen LogP contribution is -2.24. The van der Waals surface area contributed by atoms with E-state index >= 15 is 0 Å². The van der Waals surface area contributed by atoms with E-state index in [1.807, 2.05) is 0 Å². The molecule has 1 atom stereocenters. The van der Waals surface area contributed by atoms with Crippen LogP contribution in [0.1, 0.15) is 84.0 Å². The Morgan fingerprint density at radius 3 is 2.40 bits per heavy atom. The van der Waals surface area contributed by atoms with E-state index in [0.29, 0.717) is 24.3 Å². The van der Waals surface area contributed by atoms with Crippen LogP contribution >= 0.6 is 0 Å². The molecule has 0 saturated heterocycles. The zero-order valence-corrected chi connectivity index (χ0v) is 13.0. The molecule has 0 bridgehead atoms. The molecule has 2 heteroatoms. The van der Waals surface area contributed by atoms with E-state index < -0.39 is 6.08 Å². The largest absolute Gasteiger partial charge is 0.269 e. The molecule has 2 aliphatic carbocycles. The Kier molecular flexibility index (Phi) is 6.51. The van der Waals surface area contributed by atoms with Crippen molar-refractivity contribution in [3.05, 3.63) is 11.7 Å².